The molecule has 1 aromatic rings. The molecule has 0 aromatic heterocycles. The van der Waals surface area contributed by atoms with Crippen molar-refractivity contribution in [1.82, 2.24) is 5.32 Å². The maximum Gasteiger partial charge on any atom is 0.0377 e. The van der Waals surface area contributed by atoms with Crippen LogP contribution >= 0.6 is 15.9 Å². The lowest BCUT2D eigenvalue weighted by atomic mass is 10.0. The Bertz CT molecular complexity index is 404. The summed E-state index contributed by atoms with van der Waals surface area (Å²) >= 11 is 3.70. The molecule has 0 bridgehead atoms. The summed E-state index contributed by atoms with van der Waals surface area (Å²) in [6, 6.07) is 7.25. The Hall–Kier alpha value is -0.540. The Kier molecular flexibility index (Phi) is 7.60. The maximum absolute atomic E-state index is 3.70. The molecule has 0 spiro atoms. The van der Waals surface area contributed by atoms with Gasteiger partial charge in [-0.3, -0.25) is 0 Å². The molecule has 0 amide bonds. The molecule has 20 heavy (non-hydrogen) atoms. The third kappa shape index (κ3) is 5.45. The highest BCUT2D eigenvalue weighted by molar-refractivity contribution is 9.10. The van der Waals surface area contributed by atoms with E-state index < -0.39 is 0 Å². The standard InChI is InChI=1S/C17H29BrN2/c1-6-9-19-12-15-7-8-16(11-17(15)18)20(5)14(4)10-13(2)3/h7-8,11,13-14,19H,6,9-10,12H2,1-5H3. The number of halogens is 1. The molecule has 2 nitrogen and oxygen atoms in total. The normalized spacial score (nSPS) is 12.8. The van der Waals surface area contributed by atoms with Gasteiger partial charge in [-0.15, -0.1) is 0 Å². The smallest absolute Gasteiger partial charge is 0.0377 e. The van der Waals surface area contributed by atoms with Crippen LogP contribution in [0.2, 0.25) is 0 Å². The first-order valence-corrected chi connectivity index (χ1v) is 8.47. The van der Waals surface area contributed by atoms with Gasteiger partial charge in [0, 0.05) is 29.8 Å². The van der Waals surface area contributed by atoms with E-state index in [9.17, 15) is 0 Å². The summed E-state index contributed by atoms with van der Waals surface area (Å²) < 4.78 is 1.20. The molecule has 1 rings (SSSR count). The SMILES string of the molecule is CCCNCc1ccc(N(C)C(C)CC(C)C)cc1Br. The van der Waals surface area contributed by atoms with Crippen LogP contribution in [0, 0.1) is 5.92 Å². The summed E-state index contributed by atoms with van der Waals surface area (Å²) in [6.07, 6.45) is 2.39. The van der Waals surface area contributed by atoms with E-state index >= 15 is 0 Å². The quantitative estimate of drug-likeness (QED) is 0.682. The number of hydrogen-bond acceptors (Lipinski definition) is 2. The molecule has 1 aromatic carbocycles. The molecular weight excluding hydrogens is 312 g/mol. The van der Waals surface area contributed by atoms with Crippen molar-refractivity contribution < 1.29 is 0 Å². The Labute approximate surface area is 133 Å². The largest absolute Gasteiger partial charge is 0.372 e. The highest BCUT2D eigenvalue weighted by Gasteiger charge is 2.12. The molecule has 0 aliphatic rings. The van der Waals surface area contributed by atoms with Crippen molar-refractivity contribution in [1.29, 1.82) is 0 Å². The van der Waals surface area contributed by atoms with E-state index in [2.05, 4.69) is 79.1 Å². The second kappa shape index (κ2) is 8.68. The minimum absolute atomic E-state index is 0.561. The number of hydrogen-bond donors (Lipinski definition) is 1. The summed E-state index contributed by atoms with van der Waals surface area (Å²) in [5.41, 5.74) is 2.61. The number of benzene rings is 1. The lowest BCUT2D eigenvalue weighted by Crippen LogP contribution is -2.30. The average molecular weight is 341 g/mol. The van der Waals surface area contributed by atoms with E-state index in [0.29, 0.717) is 6.04 Å². The van der Waals surface area contributed by atoms with Crippen LogP contribution in [0.5, 0.6) is 0 Å². The number of anilines is 1. The predicted octanol–water partition coefficient (Wildman–Crippen LogP) is 4.82. The van der Waals surface area contributed by atoms with Gasteiger partial charge in [0.1, 0.15) is 0 Å². The van der Waals surface area contributed by atoms with Crippen molar-refractivity contribution in [2.45, 2.75) is 53.1 Å². The van der Waals surface area contributed by atoms with E-state index in [-0.39, 0.29) is 0 Å². The summed E-state index contributed by atoms with van der Waals surface area (Å²) in [4.78, 5) is 2.37. The van der Waals surface area contributed by atoms with Crippen LogP contribution in [0.15, 0.2) is 22.7 Å². The summed E-state index contributed by atoms with van der Waals surface area (Å²) in [7, 11) is 2.18. The minimum atomic E-state index is 0.561. The molecule has 0 saturated carbocycles. The second-order valence-electron chi connectivity index (χ2n) is 6.04. The zero-order chi connectivity index (χ0) is 15.1. The van der Waals surface area contributed by atoms with E-state index in [4.69, 9.17) is 0 Å². The van der Waals surface area contributed by atoms with Crippen LogP contribution in [0.4, 0.5) is 5.69 Å². The van der Waals surface area contributed by atoms with Gasteiger partial charge in [-0.1, -0.05) is 42.8 Å². The Morgan fingerprint density at radius 2 is 1.95 bits per heavy atom. The van der Waals surface area contributed by atoms with Crippen LogP contribution in [-0.2, 0) is 6.54 Å². The topological polar surface area (TPSA) is 15.3 Å². The number of nitrogens with one attached hydrogen (secondary N) is 1. The second-order valence-corrected chi connectivity index (χ2v) is 6.90. The first-order chi connectivity index (χ1) is 9.45. The van der Waals surface area contributed by atoms with E-state index in [1.54, 1.807) is 0 Å². The highest BCUT2D eigenvalue weighted by atomic mass is 79.9. The Morgan fingerprint density at radius 3 is 2.50 bits per heavy atom. The third-order valence-corrected chi connectivity index (χ3v) is 4.40. The van der Waals surface area contributed by atoms with Gasteiger partial charge in [0.2, 0.25) is 0 Å². The van der Waals surface area contributed by atoms with Crippen LogP contribution in [-0.4, -0.2) is 19.6 Å². The van der Waals surface area contributed by atoms with Gasteiger partial charge in [-0.2, -0.15) is 0 Å². The lowest BCUT2D eigenvalue weighted by molar-refractivity contribution is 0.504. The van der Waals surface area contributed by atoms with E-state index in [1.807, 2.05) is 0 Å². The van der Waals surface area contributed by atoms with Crippen molar-refractivity contribution in [3.8, 4) is 0 Å². The first kappa shape index (κ1) is 17.5. The molecule has 1 unspecified atom stereocenters. The maximum atomic E-state index is 3.70. The molecule has 0 heterocycles. The van der Waals surface area contributed by atoms with Crippen molar-refractivity contribution in [2.75, 3.05) is 18.5 Å². The van der Waals surface area contributed by atoms with Gasteiger partial charge in [-0.05, 0) is 49.9 Å². The zero-order valence-corrected chi connectivity index (χ0v) is 15.1. The van der Waals surface area contributed by atoms with Crippen LogP contribution in [0.1, 0.15) is 46.1 Å². The van der Waals surface area contributed by atoms with Crippen LogP contribution in [0.25, 0.3) is 0 Å². The van der Waals surface area contributed by atoms with Crippen molar-refractivity contribution in [2.24, 2.45) is 5.92 Å². The van der Waals surface area contributed by atoms with Gasteiger partial charge in [0.05, 0.1) is 0 Å². The number of nitrogens with zero attached hydrogens (tertiary/aromatic N) is 1. The molecule has 0 fully saturated rings. The van der Waals surface area contributed by atoms with Crippen molar-refractivity contribution in [3.05, 3.63) is 28.2 Å². The lowest BCUT2D eigenvalue weighted by Gasteiger charge is -2.29. The van der Waals surface area contributed by atoms with Gasteiger partial charge < -0.3 is 10.2 Å². The van der Waals surface area contributed by atoms with Gasteiger partial charge >= 0.3 is 0 Å². The van der Waals surface area contributed by atoms with Crippen molar-refractivity contribution >= 4 is 21.6 Å². The fourth-order valence-corrected chi connectivity index (χ4v) is 2.90. The molecular formula is C17H29BrN2. The number of rotatable bonds is 8. The van der Waals surface area contributed by atoms with Crippen LogP contribution < -0.4 is 10.2 Å². The molecule has 114 valence electrons. The summed E-state index contributed by atoms with van der Waals surface area (Å²) in [5.74, 6) is 0.730. The monoisotopic (exact) mass is 340 g/mol. The fraction of sp³-hybridized carbons (Fsp3) is 0.647. The first-order valence-electron chi connectivity index (χ1n) is 7.67. The third-order valence-electron chi connectivity index (χ3n) is 3.66. The molecule has 1 atom stereocenters. The van der Waals surface area contributed by atoms with E-state index in [0.717, 1.165) is 19.0 Å². The zero-order valence-electron chi connectivity index (χ0n) is 13.5. The van der Waals surface area contributed by atoms with Crippen molar-refractivity contribution in [3.63, 3.8) is 0 Å². The average Bonchev–Trinajstić information content (AvgIpc) is 2.39. The molecule has 0 radical (unpaired) electrons. The molecule has 3 heteroatoms. The van der Waals surface area contributed by atoms with Gasteiger partial charge in [0.25, 0.3) is 0 Å². The summed E-state index contributed by atoms with van der Waals surface area (Å²) in [5, 5.41) is 3.45. The molecule has 0 aliphatic carbocycles. The van der Waals surface area contributed by atoms with Gasteiger partial charge in [-0.25, -0.2) is 0 Å². The Morgan fingerprint density at radius 1 is 1.25 bits per heavy atom. The fourth-order valence-electron chi connectivity index (χ4n) is 2.39. The molecule has 0 aliphatic heterocycles. The highest BCUT2D eigenvalue weighted by Crippen LogP contribution is 2.26. The van der Waals surface area contributed by atoms with Crippen LogP contribution in [0.3, 0.4) is 0 Å². The van der Waals surface area contributed by atoms with Gasteiger partial charge in [0.15, 0.2) is 0 Å². The predicted molar refractivity (Wildman–Crippen MR) is 93.5 cm³/mol. The minimum Gasteiger partial charge on any atom is -0.372 e. The van der Waals surface area contributed by atoms with E-state index in [1.165, 1.54) is 28.6 Å². The Balaban J connectivity index is 2.70. The molecule has 1 N–H and O–H groups in total. The summed E-state index contributed by atoms with van der Waals surface area (Å²) in [6.45, 7) is 11.0. The molecule has 0 saturated heterocycles.